The third kappa shape index (κ3) is 4.05. The molecule has 2 aromatic rings. The van der Waals surface area contributed by atoms with Crippen molar-refractivity contribution in [3.63, 3.8) is 0 Å². The topological polar surface area (TPSA) is 105 Å². The molecule has 9 nitrogen and oxygen atoms in total. The number of hydrogen-bond donors (Lipinski definition) is 1. The van der Waals surface area contributed by atoms with Crippen molar-refractivity contribution in [3.05, 3.63) is 48.3 Å². The van der Waals surface area contributed by atoms with Crippen molar-refractivity contribution in [3.8, 4) is 0 Å². The SMILES string of the molecule is CC(=O)NC[C@H]1CN(c2ccc(N(C)C(=O)c3cnccn3)c(F)c2)C(=O)O1. The molecule has 1 atom stereocenters. The standard InChI is InChI=1S/C18H18FN5O4/c1-11(25)22-8-13-10-24(18(27)28-13)12-3-4-16(14(19)7-12)23(2)17(26)15-9-20-5-6-21-15/h3-7,9,13H,8,10H2,1-2H3,(H,22,25)/t13-/m0/s1. The smallest absolute Gasteiger partial charge is 0.414 e. The largest absolute Gasteiger partial charge is 0.442 e. The van der Waals surface area contributed by atoms with Gasteiger partial charge in [-0.05, 0) is 18.2 Å². The number of ether oxygens (including phenoxy) is 1. The van der Waals surface area contributed by atoms with Gasteiger partial charge in [-0.25, -0.2) is 14.2 Å². The number of benzene rings is 1. The van der Waals surface area contributed by atoms with Gasteiger partial charge in [-0.3, -0.25) is 19.5 Å². The summed E-state index contributed by atoms with van der Waals surface area (Å²) < 4.78 is 19.8. The van der Waals surface area contributed by atoms with Crippen LogP contribution in [0.15, 0.2) is 36.8 Å². The van der Waals surface area contributed by atoms with E-state index in [1.165, 1.54) is 49.6 Å². The molecule has 146 valence electrons. The van der Waals surface area contributed by atoms with E-state index in [-0.39, 0.29) is 36.1 Å². The predicted molar refractivity (Wildman–Crippen MR) is 97.5 cm³/mol. The highest BCUT2D eigenvalue weighted by Gasteiger charge is 2.33. The minimum atomic E-state index is -0.685. The summed E-state index contributed by atoms with van der Waals surface area (Å²) in [6.45, 7) is 1.71. The number of carbonyl (C=O) groups is 3. The number of rotatable bonds is 5. The Kier molecular flexibility index (Phi) is 5.48. The molecule has 3 amide bonds. The van der Waals surface area contributed by atoms with Gasteiger partial charge >= 0.3 is 6.09 Å². The van der Waals surface area contributed by atoms with Crippen LogP contribution in [-0.4, -0.2) is 54.1 Å². The Morgan fingerprint density at radius 2 is 2.18 bits per heavy atom. The fraction of sp³-hybridized carbons (Fsp3) is 0.278. The van der Waals surface area contributed by atoms with Gasteiger partial charge in [0.1, 0.15) is 17.6 Å². The molecule has 0 saturated carbocycles. The molecule has 10 heteroatoms. The Morgan fingerprint density at radius 3 is 2.82 bits per heavy atom. The van der Waals surface area contributed by atoms with Crippen molar-refractivity contribution < 1.29 is 23.5 Å². The first-order valence-electron chi connectivity index (χ1n) is 8.43. The van der Waals surface area contributed by atoms with Gasteiger partial charge in [0.05, 0.1) is 30.7 Å². The lowest BCUT2D eigenvalue weighted by Gasteiger charge is -2.19. The lowest BCUT2D eigenvalue weighted by Crippen LogP contribution is -2.33. The second-order valence-electron chi connectivity index (χ2n) is 6.14. The lowest BCUT2D eigenvalue weighted by atomic mass is 10.2. The fourth-order valence-corrected chi connectivity index (χ4v) is 2.72. The summed E-state index contributed by atoms with van der Waals surface area (Å²) in [7, 11) is 1.42. The summed E-state index contributed by atoms with van der Waals surface area (Å²) in [6.07, 6.45) is 2.93. The van der Waals surface area contributed by atoms with Crippen molar-refractivity contribution in [1.29, 1.82) is 0 Å². The number of carbonyl (C=O) groups excluding carboxylic acids is 3. The number of aromatic nitrogens is 2. The Labute approximate surface area is 160 Å². The zero-order valence-electron chi connectivity index (χ0n) is 15.3. The first-order valence-corrected chi connectivity index (χ1v) is 8.43. The number of nitrogens with one attached hydrogen (secondary N) is 1. The van der Waals surface area contributed by atoms with Gasteiger partial charge in [-0.2, -0.15) is 0 Å². The molecule has 1 aliphatic heterocycles. The van der Waals surface area contributed by atoms with E-state index in [1.54, 1.807) is 0 Å². The normalized spacial score (nSPS) is 15.9. The molecule has 1 aliphatic rings. The van der Waals surface area contributed by atoms with E-state index in [0.717, 1.165) is 11.0 Å². The van der Waals surface area contributed by atoms with Gasteiger partial charge in [-0.1, -0.05) is 0 Å². The van der Waals surface area contributed by atoms with Crippen LogP contribution in [0.25, 0.3) is 0 Å². The van der Waals surface area contributed by atoms with Crippen molar-refractivity contribution >= 4 is 29.3 Å². The average Bonchev–Trinajstić information content (AvgIpc) is 3.06. The molecular weight excluding hydrogens is 369 g/mol. The number of cyclic esters (lactones) is 1. The fourth-order valence-electron chi connectivity index (χ4n) is 2.72. The minimum absolute atomic E-state index is 0.0294. The predicted octanol–water partition coefficient (Wildman–Crippen LogP) is 1.35. The molecular formula is C18H18FN5O4. The van der Waals surface area contributed by atoms with E-state index in [9.17, 15) is 18.8 Å². The van der Waals surface area contributed by atoms with Crippen molar-refractivity contribution in [2.75, 3.05) is 29.9 Å². The average molecular weight is 387 g/mol. The summed E-state index contributed by atoms with van der Waals surface area (Å²) in [6, 6.07) is 4.06. The second kappa shape index (κ2) is 7.99. The first-order chi connectivity index (χ1) is 13.4. The summed E-state index contributed by atoms with van der Waals surface area (Å²) in [5.41, 5.74) is 0.399. The van der Waals surface area contributed by atoms with Crippen LogP contribution < -0.4 is 15.1 Å². The first kappa shape index (κ1) is 19.2. The van der Waals surface area contributed by atoms with Gasteiger partial charge in [0.15, 0.2) is 0 Å². The summed E-state index contributed by atoms with van der Waals surface area (Å²) >= 11 is 0. The monoisotopic (exact) mass is 387 g/mol. The third-order valence-corrected chi connectivity index (χ3v) is 4.14. The van der Waals surface area contributed by atoms with E-state index in [1.807, 2.05) is 0 Å². The molecule has 2 heterocycles. The van der Waals surface area contributed by atoms with Gasteiger partial charge in [0, 0.05) is 26.4 Å². The van der Waals surface area contributed by atoms with Crippen molar-refractivity contribution in [1.82, 2.24) is 15.3 Å². The van der Waals surface area contributed by atoms with Crippen LogP contribution in [0.2, 0.25) is 0 Å². The summed E-state index contributed by atoms with van der Waals surface area (Å²) in [4.78, 5) is 45.5. The van der Waals surface area contributed by atoms with E-state index in [0.29, 0.717) is 0 Å². The molecule has 0 aliphatic carbocycles. The van der Waals surface area contributed by atoms with Crippen molar-refractivity contribution in [2.45, 2.75) is 13.0 Å². The van der Waals surface area contributed by atoms with Gasteiger partial charge < -0.3 is 15.0 Å². The highest BCUT2D eigenvalue weighted by molar-refractivity contribution is 6.04. The van der Waals surface area contributed by atoms with E-state index in [2.05, 4.69) is 15.3 Å². The molecule has 1 saturated heterocycles. The van der Waals surface area contributed by atoms with E-state index < -0.39 is 23.9 Å². The van der Waals surface area contributed by atoms with Crippen LogP contribution in [0, 0.1) is 5.82 Å². The molecule has 1 fully saturated rings. The molecule has 0 radical (unpaired) electrons. The number of anilines is 2. The minimum Gasteiger partial charge on any atom is -0.442 e. The van der Waals surface area contributed by atoms with Crippen LogP contribution in [0.5, 0.6) is 0 Å². The molecule has 0 bridgehead atoms. The summed E-state index contributed by atoms with van der Waals surface area (Å²) in [5, 5.41) is 2.57. The Morgan fingerprint density at radius 1 is 1.39 bits per heavy atom. The van der Waals surface area contributed by atoms with Crippen LogP contribution in [-0.2, 0) is 9.53 Å². The lowest BCUT2D eigenvalue weighted by molar-refractivity contribution is -0.119. The third-order valence-electron chi connectivity index (χ3n) is 4.14. The van der Waals surface area contributed by atoms with Gasteiger partial charge in [-0.15, -0.1) is 0 Å². The molecule has 0 unspecified atom stereocenters. The number of halogens is 1. The maximum Gasteiger partial charge on any atom is 0.414 e. The molecule has 0 spiro atoms. The van der Waals surface area contributed by atoms with E-state index in [4.69, 9.17) is 4.74 Å². The van der Waals surface area contributed by atoms with Crippen LogP contribution >= 0.6 is 0 Å². The van der Waals surface area contributed by atoms with E-state index >= 15 is 0 Å². The number of amides is 3. The molecule has 3 rings (SSSR count). The van der Waals surface area contributed by atoms with Crippen LogP contribution in [0.3, 0.4) is 0 Å². The van der Waals surface area contributed by atoms with Gasteiger partial charge in [0.25, 0.3) is 5.91 Å². The molecule has 28 heavy (non-hydrogen) atoms. The Bertz CT molecular complexity index is 908. The quantitative estimate of drug-likeness (QED) is 0.831. The number of nitrogens with zero attached hydrogens (tertiary/aromatic N) is 4. The zero-order valence-corrected chi connectivity index (χ0v) is 15.3. The highest BCUT2D eigenvalue weighted by Crippen LogP contribution is 2.28. The second-order valence-corrected chi connectivity index (χ2v) is 6.14. The Hall–Kier alpha value is -3.56. The van der Waals surface area contributed by atoms with Gasteiger partial charge in [0.2, 0.25) is 5.91 Å². The van der Waals surface area contributed by atoms with Crippen molar-refractivity contribution in [2.24, 2.45) is 0 Å². The molecule has 1 N–H and O–H groups in total. The van der Waals surface area contributed by atoms with Crippen LogP contribution in [0.1, 0.15) is 17.4 Å². The summed E-state index contributed by atoms with van der Waals surface area (Å²) in [5.74, 6) is -1.44. The Balaban J connectivity index is 1.74. The maximum absolute atomic E-state index is 14.6. The molecule has 1 aromatic heterocycles. The number of hydrogen-bond acceptors (Lipinski definition) is 6. The zero-order chi connectivity index (χ0) is 20.3. The maximum atomic E-state index is 14.6. The molecule has 1 aromatic carbocycles. The highest BCUT2D eigenvalue weighted by atomic mass is 19.1. The van der Waals surface area contributed by atoms with Crippen LogP contribution in [0.4, 0.5) is 20.6 Å².